The summed E-state index contributed by atoms with van der Waals surface area (Å²) in [6, 6.07) is 6.72. The fraction of sp³-hybridized carbons (Fsp3) is 0.538. The van der Waals surface area contributed by atoms with Crippen LogP contribution in [0.1, 0.15) is 37.8 Å². The Labute approximate surface area is 118 Å². The van der Waals surface area contributed by atoms with Crippen molar-refractivity contribution in [1.82, 2.24) is 5.32 Å². The zero-order valence-corrected chi connectivity index (χ0v) is 12.4. The monoisotopic (exact) mass is 319 g/mol. The average Bonchev–Trinajstić information content (AvgIpc) is 2.33. The van der Waals surface area contributed by atoms with Crippen LogP contribution in [0.3, 0.4) is 0 Å². The van der Waals surface area contributed by atoms with Gasteiger partial charge in [0.15, 0.2) is 0 Å². The summed E-state index contributed by atoms with van der Waals surface area (Å²) in [5.41, 5.74) is 1.29. The number of hydrogen-bond donors (Lipinski definition) is 1. The molecule has 1 unspecified atom stereocenters. The Morgan fingerprint density at radius 3 is 2.88 bits per heavy atom. The second kappa shape index (κ2) is 7.24. The molecule has 1 aliphatic heterocycles. The van der Waals surface area contributed by atoms with E-state index < -0.39 is 0 Å². The summed E-state index contributed by atoms with van der Waals surface area (Å²) < 4.78 is 6.81. The molecule has 1 heterocycles. The van der Waals surface area contributed by atoms with Crippen molar-refractivity contribution < 1.29 is 4.74 Å². The van der Waals surface area contributed by atoms with Gasteiger partial charge in [-0.3, -0.25) is 0 Å². The second-order valence-corrected chi connectivity index (χ2v) is 5.03. The van der Waals surface area contributed by atoms with Crippen molar-refractivity contribution in [3.05, 3.63) is 28.2 Å². The molecule has 0 aliphatic carbocycles. The van der Waals surface area contributed by atoms with E-state index in [4.69, 9.17) is 4.74 Å². The summed E-state index contributed by atoms with van der Waals surface area (Å²) in [4.78, 5) is 0. The summed E-state index contributed by atoms with van der Waals surface area (Å²) in [5.74, 6) is 1.02. The smallest absolute Gasteiger partial charge is 0.124 e. The normalized spacial score (nSPS) is 19.5. The zero-order chi connectivity index (χ0) is 11.4. The summed E-state index contributed by atoms with van der Waals surface area (Å²) in [5, 5.41) is 3.56. The molecule has 17 heavy (non-hydrogen) atoms. The lowest BCUT2D eigenvalue weighted by Crippen LogP contribution is -2.27. The molecule has 1 aromatic carbocycles. The summed E-state index contributed by atoms with van der Waals surface area (Å²) in [7, 11) is 0. The first-order valence-electron chi connectivity index (χ1n) is 5.97. The third-order valence-electron chi connectivity index (χ3n) is 2.96. The van der Waals surface area contributed by atoms with Crippen molar-refractivity contribution in [1.29, 1.82) is 0 Å². The van der Waals surface area contributed by atoms with E-state index in [2.05, 4.69) is 33.4 Å². The Kier molecular flexibility index (Phi) is 6.31. The topological polar surface area (TPSA) is 21.3 Å². The second-order valence-electron chi connectivity index (χ2n) is 4.12. The molecule has 1 fully saturated rings. The SMILES string of the molecule is CCOc1ccc(Br)cc1C1CCCCN1.Cl. The molecular weight excluding hydrogens is 302 g/mol. The van der Waals surface area contributed by atoms with Crippen LogP contribution in [0.4, 0.5) is 0 Å². The molecule has 0 saturated carbocycles. The van der Waals surface area contributed by atoms with Crippen molar-refractivity contribution in [2.24, 2.45) is 0 Å². The Morgan fingerprint density at radius 2 is 2.24 bits per heavy atom. The first kappa shape index (κ1) is 14.8. The molecule has 96 valence electrons. The molecule has 1 saturated heterocycles. The highest BCUT2D eigenvalue weighted by Gasteiger charge is 2.18. The van der Waals surface area contributed by atoms with Gasteiger partial charge in [-0.2, -0.15) is 0 Å². The van der Waals surface area contributed by atoms with Crippen LogP contribution in [-0.2, 0) is 0 Å². The first-order valence-corrected chi connectivity index (χ1v) is 6.76. The maximum Gasteiger partial charge on any atom is 0.124 e. The molecule has 2 rings (SSSR count). The van der Waals surface area contributed by atoms with E-state index in [0.29, 0.717) is 6.04 Å². The van der Waals surface area contributed by atoms with Gasteiger partial charge < -0.3 is 10.1 Å². The van der Waals surface area contributed by atoms with Gasteiger partial charge >= 0.3 is 0 Å². The van der Waals surface area contributed by atoms with Gasteiger partial charge in [-0.15, -0.1) is 12.4 Å². The van der Waals surface area contributed by atoms with Crippen LogP contribution in [0.5, 0.6) is 5.75 Å². The van der Waals surface area contributed by atoms with E-state index in [1.54, 1.807) is 0 Å². The molecule has 1 atom stereocenters. The van der Waals surface area contributed by atoms with Crippen LogP contribution in [0.2, 0.25) is 0 Å². The highest BCUT2D eigenvalue weighted by atomic mass is 79.9. The third-order valence-corrected chi connectivity index (χ3v) is 3.45. The van der Waals surface area contributed by atoms with Crippen LogP contribution in [-0.4, -0.2) is 13.2 Å². The molecule has 4 heteroatoms. The number of halogens is 2. The summed E-state index contributed by atoms with van der Waals surface area (Å²) in [6.45, 7) is 3.87. The molecule has 1 aliphatic rings. The van der Waals surface area contributed by atoms with E-state index in [9.17, 15) is 0 Å². The van der Waals surface area contributed by atoms with Crippen LogP contribution < -0.4 is 10.1 Å². The highest BCUT2D eigenvalue weighted by molar-refractivity contribution is 9.10. The molecule has 1 N–H and O–H groups in total. The van der Waals surface area contributed by atoms with Crippen LogP contribution in [0, 0.1) is 0 Å². The maximum atomic E-state index is 5.68. The van der Waals surface area contributed by atoms with Crippen LogP contribution >= 0.6 is 28.3 Å². The number of ether oxygens (including phenoxy) is 1. The van der Waals surface area contributed by atoms with E-state index >= 15 is 0 Å². The Balaban J connectivity index is 0.00000144. The van der Waals surface area contributed by atoms with Crippen LogP contribution in [0.25, 0.3) is 0 Å². The van der Waals surface area contributed by atoms with Gasteiger partial charge in [0.2, 0.25) is 0 Å². The molecule has 0 aromatic heterocycles. The summed E-state index contributed by atoms with van der Waals surface area (Å²) >= 11 is 3.53. The van der Waals surface area contributed by atoms with E-state index in [-0.39, 0.29) is 12.4 Å². The number of nitrogens with one attached hydrogen (secondary N) is 1. The largest absolute Gasteiger partial charge is 0.494 e. The molecule has 1 aromatic rings. The highest BCUT2D eigenvalue weighted by Crippen LogP contribution is 2.32. The lowest BCUT2D eigenvalue weighted by Gasteiger charge is -2.25. The number of hydrogen-bond acceptors (Lipinski definition) is 2. The van der Waals surface area contributed by atoms with Gasteiger partial charge in [-0.05, 0) is 44.5 Å². The molecular formula is C13H19BrClNO. The molecule has 0 bridgehead atoms. The number of benzene rings is 1. The lowest BCUT2D eigenvalue weighted by molar-refractivity contribution is 0.324. The fourth-order valence-electron chi connectivity index (χ4n) is 2.20. The first-order chi connectivity index (χ1) is 7.81. The number of piperidine rings is 1. The Bertz CT molecular complexity index is 353. The van der Waals surface area contributed by atoms with E-state index in [0.717, 1.165) is 23.4 Å². The Morgan fingerprint density at radius 1 is 1.41 bits per heavy atom. The van der Waals surface area contributed by atoms with Gasteiger partial charge in [0.25, 0.3) is 0 Å². The van der Waals surface area contributed by atoms with Gasteiger partial charge in [0, 0.05) is 16.1 Å². The predicted octanol–water partition coefficient (Wildman–Crippen LogP) is 4.08. The molecule has 0 amide bonds. The molecule has 0 radical (unpaired) electrons. The third kappa shape index (κ3) is 3.87. The zero-order valence-electron chi connectivity index (χ0n) is 10.0. The van der Waals surface area contributed by atoms with Gasteiger partial charge in [-0.1, -0.05) is 22.4 Å². The van der Waals surface area contributed by atoms with Gasteiger partial charge in [-0.25, -0.2) is 0 Å². The Hall–Kier alpha value is -0.250. The van der Waals surface area contributed by atoms with Crippen molar-refractivity contribution in [2.75, 3.05) is 13.2 Å². The predicted molar refractivity (Wildman–Crippen MR) is 77.2 cm³/mol. The minimum absolute atomic E-state index is 0. The molecule has 0 spiro atoms. The van der Waals surface area contributed by atoms with Crippen LogP contribution in [0.15, 0.2) is 22.7 Å². The van der Waals surface area contributed by atoms with Gasteiger partial charge in [0.1, 0.15) is 5.75 Å². The lowest BCUT2D eigenvalue weighted by atomic mass is 9.97. The quantitative estimate of drug-likeness (QED) is 0.906. The summed E-state index contributed by atoms with van der Waals surface area (Å²) in [6.07, 6.45) is 3.79. The van der Waals surface area contributed by atoms with Crippen molar-refractivity contribution >= 4 is 28.3 Å². The number of rotatable bonds is 3. The minimum Gasteiger partial charge on any atom is -0.494 e. The van der Waals surface area contributed by atoms with E-state index in [1.807, 2.05) is 13.0 Å². The average molecular weight is 321 g/mol. The maximum absolute atomic E-state index is 5.68. The molecule has 2 nitrogen and oxygen atoms in total. The standard InChI is InChI=1S/C13H18BrNO.ClH/c1-2-16-13-7-6-10(14)9-11(13)12-5-3-4-8-15-12;/h6-7,9,12,15H,2-5,8H2,1H3;1H. The van der Waals surface area contributed by atoms with E-state index in [1.165, 1.54) is 24.8 Å². The van der Waals surface area contributed by atoms with Crippen molar-refractivity contribution in [2.45, 2.75) is 32.2 Å². The fourth-order valence-corrected chi connectivity index (χ4v) is 2.57. The van der Waals surface area contributed by atoms with Gasteiger partial charge in [0.05, 0.1) is 6.61 Å². The van der Waals surface area contributed by atoms with Crippen molar-refractivity contribution in [3.63, 3.8) is 0 Å². The van der Waals surface area contributed by atoms with Crippen molar-refractivity contribution in [3.8, 4) is 5.75 Å². The minimum atomic E-state index is 0.